The van der Waals surface area contributed by atoms with Gasteiger partial charge in [0, 0.05) is 44.9 Å². The summed E-state index contributed by atoms with van der Waals surface area (Å²) in [6.07, 6.45) is 0. The Morgan fingerprint density at radius 3 is 1.18 bits per heavy atom. The zero-order chi connectivity index (χ0) is 40.4. The largest absolute Gasteiger partial charge is 0.311 e. The summed E-state index contributed by atoms with van der Waals surface area (Å²) in [6, 6.07) is 78.0. The van der Waals surface area contributed by atoms with Crippen molar-refractivity contribution in [3.05, 3.63) is 217 Å². The van der Waals surface area contributed by atoms with E-state index < -0.39 is 8.07 Å². The van der Waals surface area contributed by atoms with E-state index in [0.29, 0.717) is 0 Å². The van der Waals surface area contributed by atoms with Gasteiger partial charge in [-0.1, -0.05) is 146 Å². The van der Waals surface area contributed by atoms with Gasteiger partial charge in [0.15, 0.2) is 8.07 Å². The summed E-state index contributed by atoms with van der Waals surface area (Å²) in [6.45, 7) is 4.64. The number of hydrogen-bond donors (Lipinski definition) is 0. The first-order valence-electron chi connectivity index (χ1n) is 21.4. The summed E-state index contributed by atoms with van der Waals surface area (Å²) in [5, 5.41) is 8.33. The molecule has 0 atom stereocenters. The predicted octanol–water partition coefficient (Wildman–Crippen LogP) is 9.17. The normalized spacial score (nSPS) is 14.1. The van der Waals surface area contributed by atoms with Gasteiger partial charge in [-0.2, -0.15) is 0 Å². The van der Waals surface area contributed by atoms with Crippen molar-refractivity contribution in [3.8, 4) is 5.69 Å². The van der Waals surface area contributed by atoms with Gasteiger partial charge in [0.25, 0.3) is 6.71 Å². The fourth-order valence-corrected chi connectivity index (χ4v) is 17.0. The monoisotopic (exact) mass is 793 g/mol. The molecule has 3 nitrogen and oxygen atoms in total. The SMILES string of the molecule is Cc1cc2c3c(c1)[Si](c1ccccc1)(c1ccccc1)c1cc(C)cc4c1B3c1c(cc(-n3c5ccccc5c5ccccc53)cc1N4c1ccccc1)N2c1ccccc1. The molecule has 4 heterocycles. The molecule has 0 amide bonds. The molecular weight excluding hydrogens is 754 g/mol. The Morgan fingerprint density at radius 2 is 0.738 bits per heavy atom. The van der Waals surface area contributed by atoms with Crippen LogP contribution in [0.1, 0.15) is 11.1 Å². The second-order valence-electron chi connectivity index (χ2n) is 17.0. The highest BCUT2D eigenvalue weighted by Crippen LogP contribution is 2.47. The minimum absolute atomic E-state index is 0.0291. The second kappa shape index (κ2) is 12.8. The lowest BCUT2D eigenvalue weighted by atomic mass is 9.33. The molecule has 0 N–H and O–H groups in total. The van der Waals surface area contributed by atoms with Crippen LogP contribution in [0, 0.1) is 13.8 Å². The molecule has 5 heteroatoms. The molecule has 0 aliphatic carbocycles. The van der Waals surface area contributed by atoms with Gasteiger partial charge in [-0.05, 0) is 123 Å². The third kappa shape index (κ3) is 4.64. The molecular formula is C56H40BN3Si. The number of rotatable bonds is 5. The minimum Gasteiger partial charge on any atom is -0.311 e. The van der Waals surface area contributed by atoms with Crippen LogP contribution in [0.3, 0.4) is 0 Å². The van der Waals surface area contributed by atoms with Gasteiger partial charge in [0.05, 0.1) is 16.7 Å². The van der Waals surface area contributed by atoms with Gasteiger partial charge < -0.3 is 14.4 Å². The number of fused-ring (bicyclic) bond motifs is 3. The molecule has 0 unspecified atom stereocenters. The first kappa shape index (κ1) is 34.5. The van der Waals surface area contributed by atoms with E-state index in [-0.39, 0.29) is 6.71 Å². The fourth-order valence-electron chi connectivity index (χ4n) is 11.5. The molecule has 61 heavy (non-hydrogen) atoms. The Morgan fingerprint density at radius 1 is 0.361 bits per heavy atom. The van der Waals surface area contributed by atoms with Crippen molar-refractivity contribution in [2.45, 2.75) is 13.8 Å². The average Bonchev–Trinajstić information content (AvgIpc) is 3.64. The summed E-state index contributed by atoms with van der Waals surface area (Å²) >= 11 is 0. The molecule has 10 aromatic rings. The molecule has 3 aliphatic heterocycles. The van der Waals surface area contributed by atoms with Crippen molar-refractivity contribution >= 4 is 108 Å². The quantitative estimate of drug-likeness (QED) is 0.161. The minimum atomic E-state index is -2.95. The molecule has 1 aromatic heterocycles. The van der Waals surface area contributed by atoms with Crippen LogP contribution in [0.4, 0.5) is 34.1 Å². The van der Waals surface area contributed by atoms with Crippen molar-refractivity contribution in [1.82, 2.24) is 4.57 Å². The van der Waals surface area contributed by atoms with E-state index in [0.717, 1.165) is 17.1 Å². The molecule has 0 radical (unpaired) electrons. The maximum Gasteiger partial charge on any atom is 0.251 e. The summed E-state index contributed by atoms with van der Waals surface area (Å²) < 4.78 is 2.49. The Bertz CT molecular complexity index is 3180. The van der Waals surface area contributed by atoms with Gasteiger partial charge >= 0.3 is 0 Å². The van der Waals surface area contributed by atoms with Gasteiger partial charge in [0.2, 0.25) is 0 Å². The molecule has 3 aliphatic rings. The van der Waals surface area contributed by atoms with Crippen LogP contribution < -0.4 is 46.9 Å². The summed E-state index contributed by atoms with van der Waals surface area (Å²) in [7, 11) is -2.95. The van der Waals surface area contributed by atoms with Crippen LogP contribution in [0.25, 0.3) is 27.5 Å². The molecule has 0 saturated carbocycles. The van der Waals surface area contributed by atoms with E-state index in [1.807, 2.05) is 0 Å². The number of aryl methyl sites for hydroxylation is 2. The molecule has 13 rings (SSSR count). The topological polar surface area (TPSA) is 11.4 Å². The van der Waals surface area contributed by atoms with Crippen LogP contribution >= 0.6 is 0 Å². The lowest BCUT2D eigenvalue weighted by Gasteiger charge is -2.52. The van der Waals surface area contributed by atoms with Crippen LogP contribution in [0.15, 0.2) is 206 Å². The summed E-state index contributed by atoms with van der Waals surface area (Å²) in [4.78, 5) is 5.20. The van der Waals surface area contributed by atoms with Crippen molar-refractivity contribution in [1.29, 1.82) is 0 Å². The molecule has 0 fully saturated rings. The van der Waals surface area contributed by atoms with Gasteiger partial charge in [0.1, 0.15) is 0 Å². The zero-order valence-corrected chi connectivity index (χ0v) is 35.0. The number of para-hydroxylation sites is 4. The van der Waals surface area contributed by atoms with Crippen molar-refractivity contribution < 1.29 is 0 Å². The molecule has 9 aromatic carbocycles. The standard InChI is InChI=1S/C56H40BN3Si/c1-37-31-48-55-52(33-37)61(42-23-11-5-12-24-42,43-25-13-6-14-26-43)53-34-38(2)32-49-56(53)57(55)54-50(58(48)39-19-7-3-8-20-39)35-41(36-51(54)59(49)40-21-9-4-10-22-40)60-46-29-17-15-27-44(46)45-28-16-18-30-47(45)60/h3-36H,1-2H3. The third-order valence-electron chi connectivity index (χ3n) is 13.6. The number of aromatic nitrogens is 1. The zero-order valence-electron chi connectivity index (χ0n) is 34.0. The number of benzene rings is 9. The van der Waals surface area contributed by atoms with Crippen LogP contribution in [-0.2, 0) is 0 Å². The number of nitrogens with zero attached hydrogens (tertiary/aromatic N) is 3. The Kier molecular flexibility index (Phi) is 7.26. The van der Waals surface area contributed by atoms with Gasteiger partial charge in [-0.25, -0.2) is 0 Å². The third-order valence-corrected chi connectivity index (χ3v) is 18.5. The van der Waals surface area contributed by atoms with Crippen molar-refractivity contribution in [2.24, 2.45) is 0 Å². The highest BCUT2D eigenvalue weighted by molar-refractivity contribution is 7.27. The fraction of sp³-hybridized carbons (Fsp3) is 0.0357. The van der Waals surface area contributed by atoms with Crippen LogP contribution in [0.2, 0.25) is 0 Å². The van der Waals surface area contributed by atoms with E-state index in [2.05, 4.69) is 234 Å². The molecule has 0 bridgehead atoms. The Hall–Kier alpha value is -7.34. The van der Waals surface area contributed by atoms with E-state index in [1.165, 1.54) is 92.8 Å². The molecule has 286 valence electrons. The Labute approximate surface area is 357 Å². The van der Waals surface area contributed by atoms with E-state index >= 15 is 0 Å². The Balaban J connectivity index is 1.25. The molecule has 0 saturated heterocycles. The maximum atomic E-state index is 2.60. The summed E-state index contributed by atoms with van der Waals surface area (Å²) in [5.74, 6) is 0. The smallest absolute Gasteiger partial charge is 0.251 e. The highest BCUT2D eigenvalue weighted by Gasteiger charge is 2.56. The highest BCUT2D eigenvalue weighted by atomic mass is 28.3. The summed E-state index contributed by atoms with van der Waals surface area (Å²) in [5.41, 5.74) is 17.7. The average molecular weight is 794 g/mol. The van der Waals surface area contributed by atoms with Crippen molar-refractivity contribution in [3.63, 3.8) is 0 Å². The first-order chi connectivity index (χ1) is 30.1. The van der Waals surface area contributed by atoms with E-state index in [4.69, 9.17) is 0 Å². The van der Waals surface area contributed by atoms with E-state index in [9.17, 15) is 0 Å². The maximum absolute atomic E-state index is 2.95. The second-order valence-corrected chi connectivity index (χ2v) is 20.7. The molecule has 0 spiro atoms. The first-order valence-corrected chi connectivity index (χ1v) is 23.4. The van der Waals surface area contributed by atoms with Crippen molar-refractivity contribution in [2.75, 3.05) is 9.80 Å². The van der Waals surface area contributed by atoms with Crippen LogP contribution in [0.5, 0.6) is 0 Å². The van der Waals surface area contributed by atoms with Gasteiger partial charge in [-0.15, -0.1) is 0 Å². The predicted molar refractivity (Wildman–Crippen MR) is 261 cm³/mol. The van der Waals surface area contributed by atoms with Gasteiger partial charge in [-0.3, -0.25) is 0 Å². The van der Waals surface area contributed by atoms with E-state index in [1.54, 1.807) is 0 Å². The number of anilines is 6. The van der Waals surface area contributed by atoms with Crippen LogP contribution in [-0.4, -0.2) is 19.4 Å². The number of hydrogen-bond acceptors (Lipinski definition) is 2. The lowest BCUT2D eigenvalue weighted by molar-refractivity contribution is 1.16. The lowest BCUT2D eigenvalue weighted by Crippen LogP contribution is -2.88.